The Bertz CT molecular complexity index is 565. The van der Waals surface area contributed by atoms with E-state index in [0.717, 1.165) is 3.79 Å². The molecule has 0 radical (unpaired) electrons. The maximum atomic E-state index is 12.1. The fraction of sp³-hybridized carbons (Fsp3) is 0.545. The molecule has 19 heavy (non-hydrogen) atoms. The van der Waals surface area contributed by atoms with Gasteiger partial charge in [-0.15, -0.1) is 11.3 Å². The molecule has 108 valence electrons. The van der Waals surface area contributed by atoms with Gasteiger partial charge in [-0.25, -0.2) is 13.1 Å². The molecule has 1 aromatic rings. The van der Waals surface area contributed by atoms with Gasteiger partial charge in [-0.2, -0.15) is 0 Å². The Morgan fingerprint density at radius 2 is 2.11 bits per heavy atom. The van der Waals surface area contributed by atoms with E-state index < -0.39 is 21.9 Å². The van der Waals surface area contributed by atoms with Crippen molar-refractivity contribution in [3.63, 3.8) is 0 Å². The number of hydrogen-bond donors (Lipinski definition) is 2. The van der Waals surface area contributed by atoms with Crippen molar-refractivity contribution in [1.82, 2.24) is 4.72 Å². The SMILES string of the molecule is Cc1sc(Br)cc1S(=O)(=O)NCC(C(=O)O)C(C)C. The molecule has 5 nitrogen and oxygen atoms in total. The molecular formula is C11H16BrNO4S2. The van der Waals surface area contributed by atoms with E-state index in [1.165, 1.54) is 17.4 Å². The first-order chi connectivity index (χ1) is 8.65. The molecule has 0 bridgehead atoms. The Morgan fingerprint density at radius 3 is 2.47 bits per heavy atom. The van der Waals surface area contributed by atoms with Gasteiger partial charge in [0, 0.05) is 11.4 Å². The molecule has 1 rings (SSSR count). The Hall–Kier alpha value is -0.440. The highest BCUT2D eigenvalue weighted by atomic mass is 79.9. The van der Waals surface area contributed by atoms with Crippen LogP contribution in [0.2, 0.25) is 0 Å². The van der Waals surface area contributed by atoms with Crippen LogP contribution in [0.25, 0.3) is 0 Å². The minimum Gasteiger partial charge on any atom is -0.481 e. The van der Waals surface area contributed by atoms with Crippen molar-refractivity contribution in [2.24, 2.45) is 11.8 Å². The first kappa shape index (κ1) is 16.6. The second-order valence-corrected chi connectivity index (χ2v) is 8.88. The summed E-state index contributed by atoms with van der Waals surface area (Å²) in [5.41, 5.74) is 0. The van der Waals surface area contributed by atoms with Gasteiger partial charge < -0.3 is 5.11 Å². The van der Waals surface area contributed by atoms with Crippen LogP contribution in [-0.4, -0.2) is 26.0 Å². The number of aliphatic carboxylic acids is 1. The van der Waals surface area contributed by atoms with E-state index in [1.54, 1.807) is 20.8 Å². The normalized spacial score (nSPS) is 13.7. The van der Waals surface area contributed by atoms with E-state index in [-0.39, 0.29) is 17.4 Å². The van der Waals surface area contributed by atoms with Crippen LogP contribution < -0.4 is 4.72 Å². The van der Waals surface area contributed by atoms with Gasteiger partial charge in [0.15, 0.2) is 0 Å². The van der Waals surface area contributed by atoms with Gasteiger partial charge in [0.1, 0.15) is 0 Å². The van der Waals surface area contributed by atoms with Crippen molar-refractivity contribution in [3.05, 3.63) is 14.7 Å². The molecule has 8 heteroatoms. The molecule has 0 aliphatic rings. The van der Waals surface area contributed by atoms with Crippen LogP contribution in [0.3, 0.4) is 0 Å². The second kappa shape index (κ2) is 6.34. The lowest BCUT2D eigenvalue weighted by Gasteiger charge is -2.16. The number of rotatable bonds is 6. The summed E-state index contributed by atoms with van der Waals surface area (Å²) in [4.78, 5) is 11.9. The Labute approximate surface area is 125 Å². The Morgan fingerprint density at radius 1 is 1.53 bits per heavy atom. The van der Waals surface area contributed by atoms with E-state index in [4.69, 9.17) is 5.11 Å². The number of carbonyl (C=O) groups is 1. The standard InChI is InChI=1S/C11H16BrNO4S2/c1-6(2)8(11(14)15)5-13-19(16,17)9-4-10(12)18-7(9)3/h4,6,8,13H,5H2,1-3H3,(H,14,15). The van der Waals surface area contributed by atoms with Crippen LogP contribution in [-0.2, 0) is 14.8 Å². The summed E-state index contributed by atoms with van der Waals surface area (Å²) < 4.78 is 27.3. The molecule has 0 saturated heterocycles. The third-order valence-corrected chi connectivity index (χ3v) is 5.98. The second-order valence-electron chi connectivity index (χ2n) is 4.51. The molecule has 0 aliphatic carbocycles. The van der Waals surface area contributed by atoms with Crippen LogP contribution in [0, 0.1) is 18.8 Å². The summed E-state index contributed by atoms with van der Waals surface area (Å²) in [6.45, 7) is 5.10. The first-order valence-corrected chi connectivity index (χ1v) is 8.73. The van der Waals surface area contributed by atoms with E-state index >= 15 is 0 Å². The van der Waals surface area contributed by atoms with Gasteiger partial charge in [-0.1, -0.05) is 13.8 Å². The van der Waals surface area contributed by atoms with Crippen LogP contribution in [0.15, 0.2) is 14.7 Å². The Balaban J connectivity index is 2.87. The summed E-state index contributed by atoms with van der Waals surface area (Å²) in [5, 5.41) is 9.03. The van der Waals surface area contributed by atoms with Crippen molar-refractivity contribution in [1.29, 1.82) is 0 Å². The van der Waals surface area contributed by atoms with Gasteiger partial charge >= 0.3 is 5.97 Å². The van der Waals surface area contributed by atoms with E-state index in [9.17, 15) is 13.2 Å². The van der Waals surface area contributed by atoms with Crippen molar-refractivity contribution in [3.8, 4) is 0 Å². The summed E-state index contributed by atoms with van der Waals surface area (Å²) >= 11 is 4.56. The molecule has 1 atom stereocenters. The number of carboxylic acid groups (broad SMARTS) is 1. The summed E-state index contributed by atoms with van der Waals surface area (Å²) in [6.07, 6.45) is 0. The van der Waals surface area contributed by atoms with E-state index in [2.05, 4.69) is 20.7 Å². The molecule has 0 spiro atoms. The van der Waals surface area contributed by atoms with Crippen LogP contribution in [0.5, 0.6) is 0 Å². The lowest BCUT2D eigenvalue weighted by Crippen LogP contribution is -2.35. The zero-order valence-electron chi connectivity index (χ0n) is 10.8. The highest BCUT2D eigenvalue weighted by Gasteiger charge is 2.26. The lowest BCUT2D eigenvalue weighted by molar-refractivity contribution is -0.142. The number of nitrogens with one attached hydrogen (secondary N) is 1. The molecule has 0 aliphatic heterocycles. The smallest absolute Gasteiger partial charge is 0.308 e. The van der Waals surface area contributed by atoms with Gasteiger partial charge in [0.25, 0.3) is 0 Å². The molecule has 1 heterocycles. The molecule has 1 aromatic heterocycles. The molecular weight excluding hydrogens is 354 g/mol. The zero-order valence-corrected chi connectivity index (χ0v) is 14.0. The van der Waals surface area contributed by atoms with Crippen molar-refractivity contribution in [2.45, 2.75) is 25.7 Å². The van der Waals surface area contributed by atoms with Gasteiger partial charge in [0.2, 0.25) is 10.0 Å². The third kappa shape index (κ3) is 4.27. The molecule has 0 amide bonds. The summed E-state index contributed by atoms with van der Waals surface area (Å²) in [6, 6.07) is 1.52. The summed E-state index contributed by atoms with van der Waals surface area (Å²) in [5.74, 6) is -1.88. The largest absolute Gasteiger partial charge is 0.481 e. The third-order valence-electron chi connectivity index (χ3n) is 2.75. The topological polar surface area (TPSA) is 83.5 Å². The van der Waals surface area contributed by atoms with E-state index in [1.807, 2.05) is 0 Å². The number of halogens is 1. The van der Waals surface area contributed by atoms with Crippen molar-refractivity contribution >= 4 is 43.3 Å². The zero-order chi connectivity index (χ0) is 14.8. The number of carboxylic acids is 1. The fourth-order valence-electron chi connectivity index (χ4n) is 1.58. The molecule has 0 fully saturated rings. The van der Waals surface area contributed by atoms with Crippen molar-refractivity contribution < 1.29 is 18.3 Å². The number of hydrogen-bond acceptors (Lipinski definition) is 4. The monoisotopic (exact) mass is 369 g/mol. The van der Waals surface area contributed by atoms with Crippen LogP contribution >= 0.6 is 27.3 Å². The summed E-state index contributed by atoms with van der Waals surface area (Å²) in [7, 11) is -3.67. The molecule has 0 saturated carbocycles. The van der Waals surface area contributed by atoms with Gasteiger partial charge in [-0.05, 0) is 34.8 Å². The molecule has 2 N–H and O–H groups in total. The fourth-order valence-corrected chi connectivity index (χ4v) is 5.06. The van der Waals surface area contributed by atoms with Gasteiger partial charge in [0.05, 0.1) is 14.6 Å². The van der Waals surface area contributed by atoms with E-state index in [0.29, 0.717) is 4.88 Å². The highest BCUT2D eigenvalue weighted by Crippen LogP contribution is 2.29. The highest BCUT2D eigenvalue weighted by molar-refractivity contribution is 9.11. The predicted octanol–water partition coefficient (Wildman–Crippen LogP) is 2.45. The number of aryl methyl sites for hydroxylation is 1. The van der Waals surface area contributed by atoms with Crippen LogP contribution in [0.1, 0.15) is 18.7 Å². The van der Waals surface area contributed by atoms with Gasteiger partial charge in [-0.3, -0.25) is 4.79 Å². The number of thiophene rings is 1. The average molecular weight is 370 g/mol. The number of sulfonamides is 1. The molecule has 1 unspecified atom stereocenters. The predicted molar refractivity (Wildman–Crippen MR) is 77.9 cm³/mol. The quantitative estimate of drug-likeness (QED) is 0.806. The molecule has 0 aromatic carbocycles. The average Bonchev–Trinajstić information content (AvgIpc) is 2.57. The van der Waals surface area contributed by atoms with Crippen LogP contribution in [0.4, 0.5) is 0 Å². The first-order valence-electron chi connectivity index (χ1n) is 5.63. The maximum Gasteiger partial charge on any atom is 0.308 e. The Kier molecular flexibility index (Phi) is 5.54. The van der Waals surface area contributed by atoms with Crippen molar-refractivity contribution in [2.75, 3.05) is 6.54 Å². The maximum absolute atomic E-state index is 12.1. The minimum absolute atomic E-state index is 0.109. The lowest BCUT2D eigenvalue weighted by atomic mass is 9.97. The minimum atomic E-state index is -3.67.